The molecule has 7 heteroatoms. The maximum atomic E-state index is 11.5. The summed E-state index contributed by atoms with van der Waals surface area (Å²) in [5.74, 6) is -0.284. The van der Waals surface area contributed by atoms with Crippen LogP contribution in [0.5, 0.6) is 0 Å². The van der Waals surface area contributed by atoms with E-state index in [1.807, 2.05) is 30.3 Å². The van der Waals surface area contributed by atoms with Crippen molar-refractivity contribution in [1.29, 1.82) is 0 Å². The summed E-state index contributed by atoms with van der Waals surface area (Å²) in [4.78, 5) is 13.6. The average molecular weight is 371 g/mol. The summed E-state index contributed by atoms with van der Waals surface area (Å²) in [6.45, 7) is 0.302. The number of sulfonamides is 1. The molecule has 1 aromatic heterocycles. The molecular weight excluding hydrogens is 358 g/mol. The van der Waals surface area contributed by atoms with Gasteiger partial charge in [-0.1, -0.05) is 18.2 Å². The number of nitrogens with two attached hydrogens (primary N) is 1. The first-order valence-corrected chi connectivity index (χ1v) is 9.81. The number of carbonyl (C=O) groups excluding carboxylic acids is 1. The van der Waals surface area contributed by atoms with Crippen LogP contribution in [0.3, 0.4) is 0 Å². The number of rotatable bonds is 3. The van der Waals surface area contributed by atoms with Gasteiger partial charge in [-0.2, -0.15) is 0 Å². The third-order valence-corrected chi connectivity index (χ3v) is 6.12. The summed E-state index contributed by atoms with van der Waals surface area (Å²) in [5.41, 5.74) is 3.29. The molecule has 0 unspecified atom stereocenters. The third-order valence-electron chi connectivity index (χ3n) is 4.02. The topological polar surface area (TPSA) is 86.5 Å². The zero-order chi connectivity index (χ0) is 17.6. The fourth-order valence-corrected chi connectivity index (χ4v) is 4.32. The van der Waals surface area contributed by atoms with Crippen LogP contribution in [0.15, 0.2) is 59.5 Å². The van der Waals surface area contributed by atoms with Crippen molar-refractivity contribution < 1.29 is 17.9 Å². The van der Waals surface area contributed by atoms with Gasteiger partial charge in [0.15, 0.2) is 0 Å². The molecule has 0 aliphatic carbocycles. The Bertz CT molecular complexity index is 1100. The van der Waals surface area contributed by atoms with Gasteiger partial charge in [0.1, 0.15) is 6.61 Å². The highest BCUT2D eigenvalue weighted by Gasteiger charge is 2.21. The minimum atomic E-state index is -3.73. The van der Waals surface area contributed by atoms with E-state index >= 15 is 0 Å². The van der Waals surface area contributed by atoms with Gasteiger partial charge < -0.3 is 4.74 Å². The molecule has 1 aliphatic heterocycles. The number of esters is 1. The van der Waals surface area contributed by atoms with E-state index in [4.69, 9.17) is 9.88 Å². The SMILES string of the molecule is NS(=O)(=O)c1cccc(-c2ccc(-c3ccc4c(c3)COC4=O)s2)c1. The van der Waals surface area contributed by atoms with Crippen LogP contribution < -0.4 is 5.14 Å². The lowest BCUT2D eigenvalue weighted by atomic mass is 10.1. The number of carbonyl (C=O) groups is 1. The second-order valence-corrected chi connectivity index (χ2v) is 8.33. The highest BCUT2D eigenvalue weighted by atomic mass is 32.2. The van der Waals surface area contributed by atoms with Gasteiger partial charge in [0.25, 0.3) is 0 Å². The molecule has 0 bridgehead atoms. The molecule has 0 radical (unpaired) electrons. The number of cyclic esters (lactones) is 1. The predicted octanol–water partition coefficient (Wildman–Crippen LogP) is 3.40. The van der Waals surface area contributed by atoms with Gasteiger partial charge in [0.2, 0.25) is 10.0 Å². The van der Waals surface area contributed by atoms with Crippen molar-refractivity contribution in [3.05, 3.63) is 65.7 Å². The lowest BCUT2D eigenvalue weighted by Gasteiger charge is -2.02. The molecule has 3 aromatic rings. The Hall–Kier alpha value is -2.48. The number of ether oxygens (including phenoxy) is 1. The van der Waals surface area contributed by atoms with Gasteiger partial charge in [0, 0.05) is 15.3 Å². The fourth-order valence-electron chi connectivity index (χ4n) is 2.76. The molecule has 1 aliphatic rings. The number of thiophene rings is 1. The van der Waals surface area contributed by atoms with Crippen LogP contribution in [-0.4, -0.2) is 14.4 Å². The zero-order valence-electron chi connectivity index (χ0n) is 12.9. The van der Waals surface area contributed by atoms with Crippen LogP contribution in [0.25, 0.3) is 20.9 Å². The van der Waals surface area contributed by atoms with Crippen molar-refractivity contribution in [3.8, 4) is 20.9 Å². The normalized spacial score (nSPS) is 13.6. The molecule has 0 fully saturated rings. The summed E-state index contributed by atoms with van der Waals surface area (Å²) < 4.78 is 28.1. The first-order valence-electron chi connectivity index (χ1n) is 7.45. The first kappa shape index (κ1) is 16.0. The Morgan fingerprint density at radius 2 is 1.68 bits per heavy atom. The number of benzene rings is 2. The maximum absolute atomic E-state index is 11.5. The highest BCUT2D eigenvalue weighted by molar-refractivity contribution is 7.89. The van der Waals surface area contributed by atoms with E-state index in [1.165, 1.54) is 6.07 Å². The Balaban J connectivity index is 1.71. The summed E-state index contributed by atoms with van der Waals surface area (Å²) >= 11 is 1.54. The van der Waals surface area contributed by atoms with E-state index in [2.05, 4.69) is 0 Å². The van der Waals surface area contributed by atoms with Gasteiger partial charge in [-0.3, -0.25) is 0 Å². The Labute approximate surface area is 148 Å². The monoisotopic (exact) mass is 371 g/mol. The molecule has 4 rings (SSSR count). The molecule has 0 spiro atoms. The van der Waals surface area contributed by atoms with E-state index in [0.717, 1.165) is 26.4 Å². The van der Waals surface area contributed by atoms with Gasteiger partial charge in [-0.25, -0.2) is 18.4 Å². The van der Waals surface area contributed by atoms with Gasteiger partial charge >= 0.3 is 5.97 Å². The van der Waals surface area contributed by atoms with Gasteiger partial charge in [-0.05, 0) is 47.5 Å². The molecular formula is C18H13NO4S2. The largest absolute Gasteiger partial charge is 0.457 e. The second-order valence-electron chi connectivity index (χ2n) is 5.68. The van der Waals surface area contributed by atoms with E-state index in [0.29, 0.717) is 12.2 Å². The van der Waals surface area contributed by atoms with Crippen LogP contribution in [0, 0.1) is 0 Å². The molecule has 126 valence electrons. The average Bonchev–Trinajstić information content (AvgIpc) is 3.21. The van der Waals surface area contributed by atoms with Crippen molar-refractivity contribution in [1.82, 2.24) is 0 Å². The number of primary sulfonamides is 1. The molecule has 5 nitrogen and oxygen atoms in total. The van der Waals surface area contributed by atoms with Crippen LogP contribution in [-0.2, 0) is 21.4 Å². The molecule has 2 N–H and O–H groups in total. The van der Waals surface area contributed by atoms with Gasteiger partial charge in [-0.15, -0.1) is 11.3 Å². The van der Waals surface area contributed by atoms with E-state index < -0.39 is 10.0 Å². The van der Waals surface area contributed by atoms with E-state index in [-0.39, 0.29) is 10.9 Å². The molecule has 0 saturated heterocycles. The van der Waals surface area contributed by atoms with Crippen LogP contribution in [0.4, 0.5) is 0 Å². The molecule has 0 atom stereocenters. The van der Waals surface area contributed by atoms with Crippen LogP contribution in [0.1, 0.15) is 15.9 Å². The summed E-state index contributed by atoms with van der Waals surface area (Å²) in [7, 11) is -3.73. The molecule has 0 saturated carbocycles. The van der Waals surface area contributed by atoms with Crippen molar-refractivity contribution in [2.75, 3.05) is 0 Å². The molecule has 0 amide bonds. The minimum Gasteiger partial charge on any atom is -0.457 e. The lowest BCUT2D eigenvalue weighted by molar-refractivity contribution is 0.0535. The Kier molecular flexibility index (Phi) is 3.72. The minimum absolute atomic E-state index is 0.0909. The van der Waals surface area contributed by atoms with Crippen molar-refractivity contribution in [2.45, 2.75) is 11.5 Å². The standard InChI is InChI=1S/C18H13NO4S2/c19-25(21,22)14-3-1-2-11(9-14)16-6-7-17(24-16)12-4-5-15-13(8-12)10-23-18(15)20/h1-9H,10H2,(H2,19,21,22). The van der Waals surface area contributed by atoms with Crippen molar-refractivity contribution >= 4 is 27.3 Å². The summed E-state index contributed by atoms with van der Waals surface area (Å²) in [6.07, 6.45) is 0. The van der Waals surface area contributed by atoms with E-state index in [1.54, 1.807) is 29.5 Å². The molecule has 2 aromatic carbocycles. The first-order chi connectivity index (χ1) is 11.9. The third kappa shape index (κ3) is 2.97. The van der Waals surface area contributed by atoms with Crippen LogP contribution in [0.2, 0.25) is 0 Å². The smallest absolute Gasteiger partial charge is 0.338 e. The Morgan fingerprint density at radius 3 is 2.40 bits per heavy atom. The van der Waals surface area contributed by atoms with Crippen molar-refractivity contribution in [3.63, 3.8) is 0 Å². The van der Waals surface area contributed by atoms with Gasteiger partial charge in [0.05, 0.1) is 10.5 Å². The van der Waals surface area contributed by atoms with Crippen LogP contribution >= 0.6 is 11.3 Å². The number of hydrogen-bond donors (Lipinski definition) is 1. The number of fused-ring (bicyclic) bond motifs is 1. The zero-order valence-corrected chi connectivity index (χ0v) is 14.6. The Morgan fingerprint density at radius 1 is 0.960 bits per heavy atom. The predicted molar refractivity (Wildman–Crippen MR) is 95.7 cm³/mol. The quantitative estimate of drug-likeness (QED) is 0.715. The fraction of sp³-hybridized carbons (Fsp3) is 0.0556. The molecule has 2 heterocycles. The number of hydrogen-bond acceptors (Lipinski definition) is 5. The molecule has 25 heavy (non-hydrogen) atoms. The maximum Gasteiger partial charge on any atom is 0.338 e. The van der Waals surface area contributed by atoms with E-state index in [9.17, 15) is 13.2 Å². The van der Waals surface area contributed by atoms with Crippen molar-refractivity contribution in [2.24, 2.45) is 5.14 Å². The summed E-state index contributed by atoms with van der Waals surface area (Å²) in [6, 6.07) is 16.1. The lowest BCUT2D eigenvalue weighted by Crippen LogP contribution is -2.11. The highest BCUT2D eigenvalue weighted by Crippen LogP contribution is 2.36. The second kappa shape index (κ2) is 5.80. The summed E-state index contributed by atoms with van der Waals surface area (Å²) in [5, 5.41) is 5.20.